The minimum absolute atomic E-state index is 0.210. The van der Waals surface area contributed by atoms with Gasteiger partial charge in [0.05, 0.1) is 7.11 Å². The molecule has 0 aliphatic rings. The van der Waals surface area contributed by atoms with E-state index in [1.54, 1.807) is 18.2 Å². The van der Waals surface area contributed by atoms with Crippen LogP contribution in [0.4, 0.5) is 0 Å². The molecule has 0 fully saturated rings. The zero-order chi connectivity index (χ0) is 12.7. The average molecular weight is 237 g/mol. The molecular weight excluding hydrogens is 222 g/mol. The number of para-hydroxylation sites is 1. The summed E-state index contributed by atoms with van der Waals surface area (Å²) in [7, 11) is 1.27. The molecule has 0 aromatic heterocycles. The van der Waals surface area contributed by atoms with Crippen molar-refractivity contribution >= 4 is 11.9 Å². The fraction of sp³-hybridized carbons (Fsp3) is 0.333. The summed E-state index contributed by atoms with van der Waals surface area (Å²) >= 11 is 0. The molecule has 1 aromatic carbocycles. The van der Waals surface area contributed by atoms with Crippen LogP contribution in [0.25, 0.3) is 0 Å². The van der Waals surface area contributed by atoms with Gasteiger partial charge in [0.25, 0.3) is 0 Å². The Morgan fingerprint density at radius 1 is 1.29 bits per heavy atom. The lowest BCUT2D eigenvalue weighted by Crippen LogP contribution is -2.13. The third-order valence-electron chi connectivity index (χ3n) is 2.10. The highest BCUT2D eigenvalue weighted by atomic mass is 16.5. The van der Waals surface area contributed by atoms with Crippen molar-refractivity contribution in [2.24, 2.45) is 5.73 Å². The Morgan fingerprint density at radius 3 is 2.65 bits per heavy atom. The first-order chi connectivity index (χ1) is 8.19. The van der Waals surface area contributed by atoms with Crippen LogP contribution in [0.5, 0.6) is 5.75 Å². The highest BCUT2D eigenvalue weighted by Crippen LogP contribution is 2.19. The lowest BCUT2D eigenvalue weighted by molar-refractivity contribution is -0.134. The highest BCUT2D eigenvalue weighted by Gasteiger charge is 2.14. The zero-order valence-corrected chi connectivity index (χ0v) is 9.64. The van der Waals surface area contributed by atoms with Crippen LogP contribution in [0.1, 0.15) is 23.2 Å². The summed E-state index contributed by atoms with van der Waals surface area (Å²) in [4.78, 5) is 22.8. The van der Waals surface area contributed by atoms with Crippen LogP contribution < -0.4 is 10.5 Å². The van der Waals surface area contributed by atoms with E-state index in [0.29, 0.717) is 13.0 Å². The number of esters is 2. The molecule has 0 saturated heterocycles. The average Bonchev–Trinajstić information content (AvgIpc) is 2.36. The number of benzene rings is 1. The minimum Gasteiger partial charge on any atom is -0.465 e. The molecule has 17 heavy (non-hydrogen) atoms. The van der Waals surface area contributed by atoms with Crippen molar-refractivity contribution < 1.29 is 19.1 Å². The molecule has 0 spiro atoms. The minimum atomic E-state index is -0.535. The van der Waals surface area contributed by atoms with E-state index in [-0.39, 0.29) is 17.7 Å². The maximum atomic E-state index is 11.4. The molecule has 1 aromatic rings. The van der Waals surface area contributed by atoms with E-state index >= 15 is 0 Å². The molecule has 92 valence electrons. The second-order valence-corrected chi connectivity index (χ2v) is 3.35. The SMILES string of the molecule is COC(=O)c1ccccc1OC(=O)CCCN. The van der Waals surface area contributed by atoms with Gasteiger partial charge in [-0.05, 0) is 25.1 Å². The Labute approximate surface area is 99.5 Å². The van der Waals surface area contributed by atoms with Gasteiger partial charge >= 0.3 is 11.9 Å². The van der Waals surface area contributed by atoms with Gasteiger partial charge in [-0.1, -0.05) is 12.1 Å². The van der Waals surface area contributed by atoms with Gasteiger partial charge in [-0.2, -0.15) is 0 Å². The standard InChI is InChI=1S/C12H15NO4/c1-16-12(15)9-5-2-3-6-10(9)17-11(14)7-4-8-13/h2-3,5-6H,4,7-8,13H2,1H3. The molecule has 0 heterocycles. The van der Waals surface area contributed by atoms with Crippen molar-refractivity contribution in [2.45, 2.75) is 12.8 Å². The molecule has 5 heteroatoms. The lowest BCUT2D eigenvalue weighted by atomic mass is 10.2. The number of methoxy groups -OCH3 is 1. The van der Waals surface area contributed by atoms with Crippen LogP contribution >= 0.6 is 0 Å². The molecule has 0 bridgehead atoms. The molecule has 0 aliphatic heterocycles. The van der Waals surface area contributed by atoms with Crippen molar-refractivity contribution in [1.29, 1.82) is 0 Å². The number of nitrogens with two attached hydrogens (primary N) is 1. The molecule has 0 radical (unpaired) electrons. The summed E-state index contributed by atoms with van der Waals surface area (Å²) in [5.41, 5.74) is 5.52. The van der Waals surface area contributed by atoms with E-state index in [2.05, 4.69) is 4.74 Å². The number of ether oxygens (including phenoxy) is 2. The maximum absolute atomic E-state index is 11.4. The summed E-state index contributed by atoms with van der Waals surface area (Å²) in [6.45, 7) is 0.424. The topological polar surface area (TPSA) is 78.6 Å². The summed E-state index contributed by atoms with van der Waals surface area (Å²) in [5, 5.41) is 0. The number of rotatable bonds is 5. The van der Waals surface area contributed by atoms with Gasteiger partial charge < -0.3 is 15.2 Å². The Balaban J connectivity index is 2.76. The van der Waals surface area contributed by atoms with E-state index in [0.717, 1.165) is 0 Å². The number of hydrogen-bond acceptors (Lipinski definition) is 5. The van der Waals surface area contributed by atoms with E-state index in [9.17, 15) is 9.59 Å². The molecular formula is C12H15NO4. The molecule has 0 amide bonds. The fourth-order valence-corrected chi connectivity index (χ4v) is 1.25. The van der Waals surface area contributed by atoms with Crippen LogP contribution in [-0.4, -0.2) is 25.6 Å². The van der Waals surface area contributed by atoms with E-state index in [4.69, 9.17) is 10.5 Å². The van der Waals surface area contributed by atoms with Gasteiger partial charge in [-0.25, -0.2) is 4.79 Å². The van der Waals surface area contributed by atoms with Gasteiger partial charge in [0.1, 0.15) is 11.3 Å². The second kappa shape index (κ2) is 6.65. The second-order valence-electron chi connectivity index (χ2n) is 3.35. The van der Waals surface area contributed by atoms with Crippen molar-refractivity contribution in [3.63, 3.8) is 0 Å². The molecule has 0 unspecified atom stereocenters. The number of hydrogen-bond donors (Lipinski definition) is 1. The van der Waals surface area contributed by atoms with Crippen LogP contribution in [0.2, 0.25) is 0 Å². The van der Waals surface area contributed by atoms with Crippen LogP contribution in [0, 0.1) is 0 Å². The van der Waals surface area contributed by atoms with Crippen molar-refractivity contribution in [3.05, 3.63) is 29.8 Å². The monoisotopic (exact) mass is 237 g/mol. The summed E-state index contributed by atoms with van der Waals surface area (Å²) in [6, 6.07) is 6.44. The number of carbonyl (C=O) groups excluding carboxylic acids is 2. The van der Waals surface area contributed by atoms with Gasteiger partial charge in [-0.3, -0.25) is 4.79 Å². The smallest absolute Gasteiger partial charge is 0.341 e. The molecule has 0 aliphatic carbocycles. The maximum Gasteiger partial charge on any atom is 0.341 e. The normalized spacial score (nSPS) is 9.76. The Hall–Kier alpha value is -1.88. The Morgan fingerprint density at radius 2 is 2.00 bits per heavy atom. The number of carbonyl (C=O) groups is 2. The first kappa shape index (κ1) is 13.2. The lowest BCUT2D eigenvalue weighted by Gasteiger charge is -2.07. The summed E-state index contributed by atoms with van der Waals surface area (Å²) in [6.07, 6.45) is 0.783. The van der Waals surface area contributed by atoms with Gasteiger partial charge in [-0.15, -0.1) is 0 Å². The third-order valence-corrected chi connectivity index (χ3v) is 2.10. The van der Waals surface area contributed by atoms with E-state index in [1.807, 2.05) is 0 Å². The van der Waals surface area contributed by atoms with Crippen LogP contribution in [0.3, 0.4) is 0 Å². The molecule has 2 N–H and O–H groups in total. The first-order valence-corrected chi connectivity index (χ1v) is 5.27. The molecule has 1 rings (SSSR count). The van der Waals surface area contributed by atoms with E-state index in [1.165, 1.54) is 13.2 Å². The quantitative estimate of drug-likeness (QED) is 0.613. The predicted octanol–water partition coefficient (Wildman–Crippen LogP) is 1.12. The van der Waals surface area contributed by atoms with Crippen molar-refractivity contribution in [1.82, 2.24) is 0 Å². The molecule has 5 nitrogen and oxygen atoms in total. The Kier molecular flexibility index (Phi) is 5.16. The highest BCUT2D eigenvalue weighted by molar-refractivity contribution is 5.93. The Bertz CT molecular complexity index is 403. The van der Waals surface area contributed by atoms with E-state index < -0.39 is 11.9 Å². The van der Waals surface area contributed by atoms with Crippen molar-refractivity contribution in [3.8, 4) is 5.75 Å². The largest absolute Gasteiger partial charge is 0.465 e. The van der Waals surface area contributed by atoms with Gasteiger partial charge in [0.2, 0.25) is 0 Å². The zero-order valence-electron chi connectivity index (χ0n) is 9.64. The van der Waals surface area contributed by atoms with Crippen LogP contribution in [0.15, 0.2) is 24.3 Å². The molecule has 0 atom stereocenters. The summed E-state index contributed by atoms with van der Waals surface area (Å²) < 4.78 is 9.66. The fourth-order valence-electron chi connectivity index (χ4n) is 1.25. The third kappa shape index (κ3) is 3.88. The molecule has 0 saturated carbocycles. The van der Waals surface area contributed by atoms with Crippen LogP contribution in [-0.2, 0) is 9.53 Å². The summed E-state index contributed by atoms with van der Waals surface area (Å²) in [5.74, 6) is -0.736. The van der Waals surface area contributed by atoms with Crippen molar-refractivity contribution in [2.75, 3.05) is 13.7 Å². The van der Waals surface area contributed by atoms with Gasteiger partial charge in [0, 0.05) is 6.42 Å². The first-order valence-electron chi connectivity index (χ1n) is 5.27. The predicted molar refractivity (Wildman–Crippen MR) is 61.7 cm³/mol. The van der Waals surface area contributed by atoms with Gasteiger partial charge in [0.15, 0.2) is 0 Å².